The monoisotopic (exact) mass is 447 g/mol. The Morgan fingerprint density at radius 1 is 0.879 bits per heavy atom. The topological polar surface area (TPSA) is 87.7 Å². The summed E-state index contributed by atoms with van der Waals surface area (Å²) in [6, 6.07) is 18.2. The third kappa shape index (κ3) is 6.55. The van der Waals surface area contributed by atoms with Gasteiger partial charge < -0.3 is 15.0 Å². The molecule has 3 aromatic carbocycles. The summed E-state index contributed by atoms with van der Waals surface area (Å²) in [4.78, 5) is 38.9. The van der Waals surface area contributed by atoms with Gasteiger partial charge in [-0.05, 0) is 61.4 Å². The molecule has 0 unspecified atom stereocenters. The summed E-state index contributed by atoms with van der Waals surface area (Å²) in [6.07, 6.45) is -0.350. The first-order valence-electron chi connectivity index (χ1n) is 10.6. The molecule has 0 bridgehead atoms. The maximum absolute atomic E-state index is 13.1. The molecule has 0 aromatic heterocycles. The number of hydrogen-bond acceptors (Lipinski definition) is 4. The summed E-state index contributed by atoms with van der Waals surface area (Å²) in [6.45, 7) is 5.32. The molecule has 3 rings (SSSR count). The Labute approximate surface area is 193 Å². The van der Waals surface area contributed by atoms with E-state index in [1.165, 1.54) is 4.90 Å². The minimum atomic E-state index is -0.668. The number of nitrogens with zero attached hydrogens (tertiary/aromatic N) is 1. The van der Waals surface area contributed by atoms with E-state index in [2.05, 4.69) is 10.6 Å². The summed E-state index contributed by atoms with van der Waals surface area (Å²) in [5, 5.41) is 7.32. The number of hydrogen-bond donors (Lipinski definition) is 2. The zero-order valence-corrected chi connectivity index (χ0v) is 19.6. The molecule has 3 aromatic rings. The molecule has 0 saturated heterocycles. The third-order valence-electron chi connectivity index (χ3n) is 4.83. The highest BCUT2D eigenvalue weighted by Gasteiger charge is 2.20. The molecule has 0 saturated carbocycles. The molecule has 0 aliphatic carbocycles. The van der Waals surface area contributed by atoms with E-state index in [1.54, 1.807) is 71.3 Å². The molecule has 172 valence electrons. The second-order valence-corrected chi connectivity index (χ2v) is 8.99. The molecule has 7 nitrogen and oxygen atoms in total. The van der Waals surface area contributed by atoms with Gasteiger partial charge in [-0.25, -0.2) is 4.79 Å². The molecule has 0 aliphatic rings. The van der Waals surface area contributed by atoms with Crippen LogP contribution in [0.5, 0.6) is 0 Å². The molecule has 0 atom stereocenters. The number of likely N-dealkylation sites (N-methyl/N-ethyl adjacent to an activating group) is 1. The van der Waals surface area contributed by atoms with Crippen LogP contribution in [0.2, 0.25) is 0 Å². The fourth-order valence-corrected chi connectivity index (χ4v) is 3.18. The molecular formula is C26H29N3O4. The van der Waals surface area contributed by atoms with Gasteiger partial charge in [-0.15, -0.1) is 0 Å². The van der Waals surface area contributed by atoms with Crippen LogP contribution in [-0.2, 0) is 16.0 Å². The number of anilines is 2. The summed E-state index contributed by atoms with van der Waals surface area (Å²) in [7, 11) is 3.42. The Morgan fingerprint density at radius 2 is 1.48 bits per heavy atom. The lowest BCUT2D eigenvalue weighted by atomic mass is 10.0. The Balaban J connectivity index is 1.84. The number of carbonyl (C=O) groups is 3. The minimum absolute atomic E-state index is 0.000748. The second kappa shape index (κ2) is 9.73. The summed E-state index contributed by atoms with van der Waals surface area (Å²) >= 11 is 0. The second-order valence-electron chi connectivity index (χ2n) is 8.99. The number of fused-ring (bicyclic) bond motifs is 1. The van der Waals surface area contributed by atoms with Crippen LogP contribution < -0.4 is 10.6 Å². The van der Waals surface area contributed by atoms with Crippen molar-refractivity contribution in [1.82, 2.24) is 4.90 Å². The van der Waals surface area contributed by atoms with Crippen LogP contribution in [0.15, 0.2) is 60.7 Å². The molecule has 0 fully saturated rings. The van der Waals surface area contributed by atoms with E-state index >= 15 is 0 Å². The average Bonchev–Trinajstić information content (AvgIpc) is 2.73. The highest BCUT2D eigenvalue weighted by atomic mass is 16.6. The van der Waals surface area contributed by atoms with Gasteiger partial charge in [0, 0.05) is 19.8 Å². The lowest BCUT2D eigenvalue weighted by Crippen LogP contribution is -2.28. The van der Waals surface area contributed by atoms with Gasteiger partial charge in [0.15, 0.2) is 0 Å². The highest BCUT2D eigenvalue weighted by Crippen LogP contribution is 2.26. The maximum atomic E-state index is 13.1. The van der Waals surface area contributed by atoms with Gasteiger partial charge in [-0.1, -0.05) is 36.4 Å². The zero-order valence-electron chi connectivity index (χ0n) is 19.6. The number of nitrogens with one attached hydrogen (secondary N) is 2. The SMILES string of the molecule is CN(C)C(=O)Cc1ccc(NC(=O)c2cc3ccccc3cc2NC(=O)OC(C)(C)C)cc1. The first kappa shape index (κ1) is 23.8. The standard InChI is InChI=1S/C26H29N3O4/c1-26(2,3)33-25(32)28-22-16-19-9-7-6-8-18(19)15-21(22)24(31)27-20-12-10-17(11-13-20)14-23(30)29(4)5/h6-13,15-16H,14H2,1-5H3,(H,27,31)(H,28,32). The fraction of sp³-hybridized carbons (Fsp3) is 0.269. The van der Waals surface area contributed by atoms with Crippen molar-refractivity contribution in [1.29, 1.82) is 0 Å². The van der Waals surface area contributed by atoms with E-state index in [9.17, 15) is 14.4 Å². The molecule has 0 radical (unpaired) electrons. The van der Waals surface area contributed by atoms with Crippen molar-refractivity contribution in [3.63, 3.8) is 0 Å². The van der Waals surface area contributed by atoms with E-state index < -0.39 is 11.7 Å². The molecule has 2 N–H and O–H groups in total. The quantitative estimate of drug-likeness (QED) is 0.572. The largest absolute Gasteiger partial charge is 0.444 e. The Morgan fingerprint density at radius 3 is 2.06 bits per heavy atom. The van der Waals surface area contributed by atoms with Gasteiger partial charge in [0.2, 0.25) is 5.91 Å². The van der Waals surface area contributed by atoms with Crippen LogP contribution in [0.1, 0.15) is 36.7 Å². The van der Waals surface area contributed by atoms with E-state index in [-0.39, 0.29) is 18.2 Å². The number of rotatable bonds is 5. The first-order chi connectivity index (χ1) is 15.5. The number of benzene rings is 3. The molecule has 0 heterocycles. The van der Waals surface area contributed by atoms with Crippen LogP contribution in [-0.4, -0.2) is 42.5 Å². The van der Waals surface area contributed by atoms with Crippen molar-refractivity contribution in [2.24, 2.45) is 0 Å². The Bertz CT molecular complexity index is 1180. The number of amides is 3. The summed E-state index contributed by atoms with van der Waals surface area (Å²) < 4.78 is 5.36. The first-order valence-corrected chi connectivity index (χ1v) is 10.6. The van der Waals surface area contributed by atoms with Crippen molar-refractivity contribution in [3.05, 3.63) is 71.8 Å². The van der Waals surface area contributed by atoms with Crippen LogP contribution in [0.25, 0.3) is 10.8 Å². The van der Waals surface area contributed by atoms with Crippen molar-refractivity contribution in [2.75, 3.05) is 24.7 Å². The molecular weight excluding hydrogens is 418 g/mol. The molecule has 3 amide bonds. The van der Waals surface area contributed by atoms with Crippen LogP contribution in [0.3, 0.4) is 0 Å². The van der Waals surface area contributed by atoms with E-state index in [0.29, 0.717) is 16.9 Å². The van der Waals surface area contributed by atoms with Gasteiger partial charge in [0.05, 0.1) is 17.7 Å². The highest BCUT2D eigenvalue weighted by molar-refractivity contribution is 6.12. The average molecular weight is 448 g/mol. The van der Waals surface area contributed by atoms with E-state index in [0.717, 1.165) is 16.3 Å². The van der Waals surface area contributed by atoms with E-state index in [1.807, 2.05) is 24.3 Å². The minimum Gasteiger partial charge on any atom is -0.444 e. The van der Waals surface area contributed by atoms with E-state index in [4.69, 9.17) is 4.74 Å². The predicted molar refractivity (Wildman–Crippen MR) is 131 cm³/mol. The normalized spacial score (nSPS) is 11.1. The Hall–Kier alpha value is -3.87. The molecule has 33 heavy (non-hydrogen) atoms. The lowest BCUT2D eigenvalue weighted by molar-refractivity contribution is -0.127. The molecule has 0 spiro atoms. The zero-order chi connectivity index (χ0) is 24.2. The lowest BCUT2D eigenvalue weighted by Gasteiger charge is -2.20. The summed E-state index contributed by atoms with van der Waals surface area (Å²) in [5.41, 5.74) is 1.43. The van der Waals surface area contributed by atoms with Gasteiger partial charge in [0.1, 0.15) is 5.60 Å². The number of carbonyl (C=O) groups excluding carboxylic acids is 3. The van der Waals surface area contributed by atoms with Crippen LogP contribution in [0, 0.1) is 0 Å². The van der Waals surface area contributed by atoms with Gasteiger partial charge in [0.25, 0.3) is 5.91 Å². The maximum Gasteiger partial charge on any atom is 0.412 e. The van der Waals surface area contributed by atoms with Gasteiger partial charge in [-0.2, -0.15) is 0 Å². The number of ether oxygens (including phenoxy) is 1. The predicted octanol–water partition coefficient (Wildman–Crippen LogP) is 5.07. The van der Waals surface area contributed by atoms with Crippen molar-refractivity contribution in [2.45, 2.75) is 32.8 Å². The van der Waals surface area contributed by atoms with Gasteiger partial charge >= 0.3 is 6.09 Å². The third-order valence-corrected chi connectivity index (χ3v) is 4.83. The Kier molecular flexibility index (Phi) is 7.01. The summed E-state index contributed by atoms with van der Waals surface area (Å²) in [5.74, 6) is -0.371. The van der Waals surface area contributed by atoms with Crippen molar-refractivity contribution in [3.8, 4) is 0 Å². The fourth-order valence-electron chi connectivity index (χ4n) is 3.18. The van der Waals surface area contributed by atoms with Crippen molar-refractivity contribution >= 4 is 40.1 Å². The van der Waals surface area contributed by atoms with Crippen LogP contribution in [0.4, 0.5) is 16.2 Å². The van der Waals surface area contributed by atoms with Crippen molar-refractivity contribution < 1.29 is 19.1 Å². The molecule has 7 heteroatoms. The van der Waals surface area contributed by atoms with Crippen LogP contribution >= 0.6 is 0 Å². The van der Waals surface area contributed by atoms with Gasteiger partial charge in [-0.3, -0.25) is 14.9 Å². The smallest absolute Gasteiger partial charge is 0.412 e. The molecule has 0 aliphatic heterocycles.